The molecule has 1 aliphatic heterocycles. The van der Waals surface area contributed by atoms with Crippen molar-refractivity contribution in [2.24, 2.45) is 11.7 Å². The highest BCUT2D eigenvalue weighted by Gasteiger charge is 2.23. The molecule has 1 atom stereocenters. The Balaban J connectivity index is 1.87. The maximum atomic E-state index is 6.06. The number of fused-ring (bicyclic) bond motifs is 1. The van der Waals surface area contributed by atoms with Gasteiger partial charge in [0.2, 0.25) is 0 Å². The molecular weight excluding hydrogens is 246 g/mol. The lowest BCUT2D eigenvalue weighted by molar-refractivity contribution is 0.141. The van der Waals surface area contributed by atoms with Crippen molar-refractivity contribution in [1.29, 1.82) is 0 Å². The normalized spacial score (nSPS) is 19.3. The van der Waals surface area contributed by atoms with Gasteiger partial charge in [-0.2, -0.15) is 0 Å². The van der Waals surface area contributed by atoms with Crippen molar-refractivity contribution < 1.29 is 0 Å². The van der Waals surface area contributed by atoms with Crippen LogP contribution in [0.25, 0.3) is 10.9 Å². The lowest BCUT2D eigenvalue weighted by Crippen LogP contribution is -2.39. The van der Waals surface area contributed by atoms with Crippen LogP contribution in [-0.4, -0.2) is 29.5 Å². The van der Waals surface area contributed by atoms with Crippen molar-refractivity contribution in [3.05, 3.63) is 42.1 Å². The van der Waals surface area contributed by atoms with Crippen LogP contribution in [0.3, 0.4) is 0 Å². The van der Waals surface area contributed by atoms with E-state index in [0.717, 1.165) is 24.5 Å². The minimum absolute atomic E-state index is 0.340. The number of rotatable bonds is 3. The van der Waals surface area contributed by atoms with Crippen LogP contribution >= 0.6 is 0 Å². The standard InChI is InChI=1S/C17H23N3/c1-13-6-9-20(10-7-13)17(12-18)15-4-5-16-14(11-15)3-2-8-19-16/h2-5,8,11,13,17H,6-7,9-10,12,18H2,1H3. The smallest absolute Gasteiger partial charge is 0.0702 e. The van der Waals surface area contributed by atoms with Gasteiger partial charge in [-0.1, -0.05) is 19.1 Å². The first-order valence-corrected chi connectivity index (χ1v) is 7.56. The number of nitrogens with zero attached hydrogens (tertiary/aromatic N) is 2. The Morgan fingerprint density at radius 1 is 1.30 bits per heavy atom. The molecule has 2 heterocycles. The van der Waals surface area contributed by atoms with Gasteiger partial charge >= 0.3 is 0 Å². The van der Waals surface area contributed by atoms with Gasteiger partial charge in [0.1, 0.15) is 0 Å². The Hall–Kier alpha value is -1.45. The number of nitrogens with two attached hydrogens (primary N) is 1. The van der Waals surface area contributed by atoms with Gasteiger partial charge in [-0.3, -0.25) is 9.88 Å². The lowest BCUT2D eigenvalue weighted by atomic mass is 9.95. The Labute approximate surface area is 120 Å². The van der Waals surface area contributed by atoms with Crippen LogP contribution in [-0.2, 0) is 0 Å². The summed E-state index contributed by atoms with van der Waals surface area (Å²) in [5, 5.41) is 1.20. The van der Waals surface area contributed by atoms with Gasteiger partial charge in [0.25, 0.3) is 0 Å². The van der Waals surface area contributed by atoms with Crippen LogP contribution < -0.4 is 5.73 Å². The summed E-state index contributed by atoms with van der Waals surface area (Å²) in [5.41, 5.74) is 8.43. The molecule has 1 saturated heterocycles. The summed E-state index contributed by atoms with van der Waals surface area (Å²) in [6.07, 6.45) is 4.41. The van der Waals surface area contributed by atoms with Gasteiger partial charge < -0.3 is 5.73 Å². The molecule has 2 aromatic rings. The fourth-order valence-corrected chi connectivity index (χ4v) is 3.14. The average Bonchev–Trinajstić information content (AvgIpc) is 2.50. The van der Waals surface area contributed by atoms with Gasteiger partial charge in [0.15, 0.2) is 0 Å². The molecular formula is C17H23N3. The fraction of sp³-hybridized carbons (Fsp3) is 0.471. The molecule has 3 rings (SSSR count). The lowest BCUT2D eigenvalue weighted by Gasteiger charge is -2.36. The van der Waals surface area contributed by atoms with Crippen LogP contribution in [0.2, 0.25) is 0 Å². The van der Waals surface area contributed by atoms with E-state index in [1.165, 1.54) is 23.8 Å². The molecule has 2 N–H and O–H groups in total. The average molecular weight is 269 g/mol. The predicted molar refractivity (Wildman–Crippen MR) is 83.5 cm³/mol. The molecule has 3 nitrogen and oxygen atoms in total. The van der Waals surface area contributed by atoms with E-state index in [9.17, 15) is 0 Å². The quantitative estimate of drug-likeness (QED) is 0.931. The van der Waals surface area contributed by atoms with E-state index >= 15 is 0 Å². The summed E-state index contributed by atoms with van der Waals surface area (Å²) in [7, 11) is 0. The van der Waals surface area contributed by atoms with Gasteiger partial charge in [-0.25, -0.2) is 0 Å². The Kier molecular flexibility index (Phi) is 3.99. The highest BCUT2D eigenvalue weighted by atomic mass is 15.2. The minimum Gasteiger partial charge on any atom is -0.329 e. The van der Waals surface area contributed by atoms with Gasteiger partial charge in [-0.15, -0.1) is 0 Å². The minimum atomic E-state index is 0.340. The summed E-state index contributed by atoms with van der Waals surface area (Å²) in [6.45, 7) is 5.35. The third-order valence-corrected chi connectivity index (χ3v) is 4.49. The van der Waals surface area contributed by atoms with Crippen molar-refractivity contribution in [2.75, 3.05) is 19.6 Å². The second-order valence-electron chi connectivity index (χ2n) is 5.93. The molecule has 3 heteroatoms. The molecule has 106 valence electrons. The van der Waals surface area contributed by atoms with E-state index in [4.69, 9.17) is 5.73 Å². The van der Waals surface area contributed by atoms with Crippen molar-refractivity contribution in [2.45, 2.75) is 25.8 Å². The molecule has 1 unspecified atom stereocenters. The summed E-state index contributed by atoms with van der Waals surface area (Å²) in [5.74, 6) is 0.852. The van der Waals surface area contributed by atoms with Crippen LogP contribution in [0.5, 0.6) is 0 Å². The Bertz CT molecular complexity index is 573. The van der Waals surface area contributed by atoms with Gasteiger partial charge in [0.05, 0.1) is 5.52 Å². The van der Waals surface area contributed by atoms with Gasteiger partial charge in [0, 0.05) is 24.2 Å². The fourth-order valence-electron chi connectivity index (χ4n) is 3.14. The van der Waals surface area contributed by atoms with Gasteiger partial charge in [-0.05, 0) is 55.6 Å². The zero-order chi connectivity index (χ0) is 13.9. The van der Waals surface area contributed by atoms with E-state index in [1.54, 1.807) is 0 Å². The predicted octanol–water partition coefficient (Wildman–Crippen LogP) is 2.97. The number of hydrogen-bond acceptors (Lipinski definition) is 3. The molecule has 1 aliphatic rings. The summed E-state index contributed by atoms with van der Waals surface area (Å²) in [4.78, 5) is 6.92. The highest BCUT2D eigenvalue weighted by Crippen LogP contribution is 2.27. The molecule has 0 aliphatic carbocycles. The molecule has 1 aromatic carbocycles. The van der Waals surface area contributed by atoms with Crippen molar-refractivity contribution in [1.82, 2.24) is 9.88 Å². The zero-order valence-corrected chi connectivity index (χ0v) is 12.1. The number of likely N-dealkylation sites (tertiary alicyclic amines) is 1. The molecule has 20 heavy (non-hydrogen) atoms. The number of hydrogen-bond donors (Lipinski definition) is 1. The van der Waals surface area contributed by atoms with E-state index in [0.29, 0.717) is 12.6 Å². The number of pyridine rings is 1. The molecule has 0 spiro atoms. The van der Waals surface area contributed by atoms with Crippen LogP contribution in [0.15, 0.2) is 36.5 Å². The highest BCUT2D eigenvalue weighted by molar-refractivity contribution is 5.79. The van der Waals surface area contributed by atoms with Crippen molar-refractivity contribution in [3.63, 3.8) is 0 Å². The topological polar surface area (TPSA) is 42.1 Å². The Morgan fingerprint density at radius 2 is 2.10 bits per heavy atom. The third-order valence-electron chi connectivity index (χ3n) is 4.49. The van der Waals surface area contributed by atoms with Crippen LogP contribution in [0.1, 0.15) is 31.4 Å². The monoisotopic (exact) mass is 269 g/mol. The maximum absolute atomic E-state index is 6.06. The summed E-state index contributed by atoms with van der Waals surface area (Å²) < 4.78 is 0. The molecule has 0 bridgehead atoms. The van der Waals surface area contributed by atoms with Crippen molar-refractivity contribution >= 4 is 10.9 Å². The SMILES string of the molecule is CC1CCN(C(CN)c2ccc3ncccc3c2)CC1. The van der Waals surface area contributed by atoms with Crippen LogP contribution in [0, 0.1) is 5.92 Å². The third kappa shape index (κ3) is 2.69. The number of aromatic nitrogens is 1. The zero-order valence-electron chi connectivity index (χ0n) is 12.1. The second-order valence-corrected chi connectivity index (χ2v) is 5.93. The second kappa shape index (κ2) is 5.90. The summed E-state index contributed by atoms with van der Waals surface area (Å²) in [6, 6.07) is 11.0. The molecule has 0 saturated carbocycles. The molecule has 0 amide bonds. The van der Waals surface area contributed by atoms with E-state index < -0.39 is 0 Å². The maximum Gasteiger partial charge on any atom is 0.0702 e. The van der Waals surface area contributed by atoms with E-state index in [1.807, 2.05) is 12.3 Å². The molecule has 1 aromatic heterocycles. The van der Waals surface area contributed by atoms with E-state index in [-0.39, 0.29) is 0 Å². The summed E-state index contributed by atoms with van der Waals surface area (Å²) >= 11 is 0. The van der Waals surface area contributed by atoms with Crippen molar-refractivity contribution in [3.8, 4) is 0 Å². The van der Waals surface area contributed by atoms with Crippen LogP contribution in [0.4, 0.5) is 0 Å². The first-order valence-electron chi connectivity index (χ1n) is 7.56. The van der Waals surface area contributed by atoms with E-state index in [2.05, 4.69) is 41.1 Å². The largest absolute Gasteiger partial charge is 0.329 e. The molecule has 1 fully saturated rings. The number of benzene rings is 1. The number of piperidine rings is 1. The Morgan fingerprint density at radius 3 is 2.85 bits per heavy atom. The molecule has 0 radical (unpaired) electrons. The first kappa shape index (κ1) is 13.5. The first-order chi connectivity index (χ1) is 9.78.